The van der Waals surface area contributed by atoms with Crippen LogP contribution >= 0.6 is 0 Å². The van der Waals surface area contributed by atoms with E-state index in [0.29, 0.717) is 0 Å². The molecule has 46 atom stereocenters. The highest BCUT2D eigenvalue weighted by atomic mass is 17.1. The third kappa shape index (κ3) is 24.4. The molecule has 31 N–H and O–H groups in total. The maximum absolute atomic E-state index is 13.9. The van der Waals surface area contributed by atoms with Gasteiger partial charge in [-0.05, 0) is 22.3 Å². The first-order valence-electron chi connectivity index (χ1n) is 43.9. The van der Waals surface area contributed by atoms with Crippen LogP contribution in [0.5, 0.6) is 0 Å². The maximum Gasteiger partial charge on any atom is 0.407 e. The molecule has 40 unspecified atom stereocenters. The van der Waals surface area contributed by atoms with Crippen molar-refractivity contribution in [2.24, 2.45) is 0 Å². The second-order valence-corrected chi connectivity index (χ2v) is 34.4. The summed E-state index contributed by atoms with van der Waals surface area (Å²) in [6, 6.07) is 4.80. The number of carboxylic acid groups (broad SMARTS) is 1. The van der Waals surface area contributed by atoms with Crippen LogP contribution in [-0.4, -0.2) is 518 Å². The van der Waals surface area contributed by atoms with E-state index in [4.69, 9.17) is 90.5 Å². The monoisotopic (exact) mass is 1990 g/mol. The zero-order valence-electron chi connectivity index (χ0n) is 73.8. The quantitative estimate of drug-likeness (QED) is 0.0221. The van der Waals surface area contributed by atoms with Gasteiger partial charge in [-0.1, -0.05) is 48.5 Å². The Morgan fingerprint density at radius 1 is 0.319 bits per heavy atom. The van der Waals surface area contributed by atoms with Crippen molar-refractivity contribution in [1.29, 1.82) is 0 Å². The van der Waals surface area contributed by atoms with Crippen molar-refractivity contribution < 1.29 is 252 Å². The lowest BCUT2D eigenvalue weighted by molar-refractivity contribution is -0.399. The Morgan fingerprint density at radius 2 is 0.645 bits per heavy atom. The molecule has 9 fully saturated rings. The Labute approximate surface area is 781 Å². The molecule has 12 rings (SSSR count). The second kappa shape index (κ2) is 48.5. The lowest BCUT2D eigenvalue weighted by atomic mass is 9.93. The van der Waals surface area contributed by atoms with E-state index in [1.54, 1.807) is 12.1 Å². The minimum atomic E-state index is -2.66. The van der Waals surface area contributed by atoms with Gasteiger partial charge >= 0.3 is 12.1 Å². The van der Waals surface area contributed by atoms with Gasteiger partial charge in [0.15, 0.2) is 56.5 Å². The molecule has 0 radical (unpaired) electrons. The van der Waals surface area contributed by atoms with Gasteiger partial charge in [0, 0.05) is 33.6 Å². The van der Waals surface area contributed by atoms with E-state index in [1.165, 1.54) is 0 Å². The van der Waals surface area contributed by atoms with Crippen molar-refractivity contribution in [2.75, 3.05) is 66.1 Å². The fourth-order valence-electron chi connectivity index (χ4n) is 18.0. The summed E-state index contributed by atoms with van der Waals surface area (Å²) >= 11 is 0. The number of aliphatic carboxylic acids is 1. The van der Waals surface area contributed by atoms with Gasteiger partial charge in [0.25, 0.3) is 0 Å². The highest BCUT2D eigenvalue weighted by Crippen LogP contribution is 2.46. The number of carbonyl (C=O) groups is 7. The smallest absolute Gasteiger partial charge is 0.407 e. The fraction of sp³-hybridized carbons (Fsp3) is 0.765. The molecular weight excluding hydrogens is 1870 g/mol. The fourth-order valence-corrected chi connectivity index (χ4v) is 18.0. The number of rotatable bonds is 37. The van der Waals surface area contributed by atoms with Crippen LogP contribution in [0.15, 0.2) is 48.5 Å². The molecule has 780 valence electrons. The molecule has 9 saturated heterocycles. The van der Waals surface area contributed by atoms with E-state index < -0.39 is 395 Å². The summed E-state index contributed by atoms with van der Waals surface area (Å²) < 4.78 is 108. The van der Waals surface area contributed by atoms with Crippen molar-refractivity contribution in [3.63, 3.8) is 0 Å². The number of fused-ring (bicyclic) bond motifs is 3. The standard InChI is InChI=1S/C81H120N6O51/c1-24(95)82-44-53(105)64(37(17-91)123-71(44)87-43(99)13-33(72(116)117)86-81(118)121-21-32-30-11-7-5-9-28(30)29-10-6-8-12-31(29)32)132-73-45(83-25(2)96)54(106)67(40(20-94)127-73)135-78-63(115)68(136-80-70(60(112)50(102)36(16-90)126-80)138-75-47(85-27(4)98)56(108)65(38(18-92)129-75)133-76-61(113)57(109)48(100)34(14-88)124-76)52(104)41(130-78)22-120-79-69(59(111)49(101)35(15-89)125-79)137-74-46(84-26(3)97)55(107)66(39(19-93)128-74)134-77-62(114)58(110)51(103)42(131-77)23-122-119/h5-12,32-42,44-71,73-80,88-94,100-115,119H,13-23H2,1-4H3,(H,82,95)(H,83,96)(H,84,97)(H,85,98)(H,86,118)(H,87,99)(H,116,117)/t33?,34?,35?,36?,37?,38?,39?,40?,41?,42?,44?,45?,46?,47?,48?,49?,50?,51?,52?,53-,54-,55?,56?,57?,58?,59?,60?,61?,62?,63?,64-,65?,66?,67-,68?,69?,70?,71-,73+,74?,75?,76?,77?,78?,79?,80?/m1/s1. The third-order valence-electron chi connectivity index (χ3n) is 25.1. The summed E-state index contributed by atoms with van der Waals surface area (Å²) in [5.41, 5.74) is 3.41. The van der Waals surface area contributed by atoms with Crippen molar-refractivity contribution in [2.45, 2.75) is 322 Å². The zero-order chi connectivity index (χ0) is 101. The molecule has 9 aliphatic heterocycles. The van der Waals surface area contributed by atoms with Crippen molar-refractivity contribution in [3.8, 4) is 11.1 Å². The molecule has 6 amide bonds. The first-order valence-corrected chi connectivity index (χ1v) is 43.9. The van der Waals surface area contributed by atoms with Crippen LogP contribution in [0.25, 0.3) is 11.1 Å². The lowest BCUT2D eigenvalue weighted by Crippen LogP contribution is -2.72. The van der Waals surface area contributed by atoms with Crippen LogP contribution < -0.4 is 31.9 Å². The lowest BCUT2D eigenvalue weighted by Gasteiger charge is -2.51. The molecule has 0 saturated carbocycles. The Kier molecular flexibility index (Phi) is 38.5. The molecule has 1 aliphatic carbocycles. The summed E-state index contributed by atoms with van der Waals surface area (Å²) in [7, 11) is 0. The normalized spacial score (nSPS) is 42.3. The molecule has 0 spiro atoms. The van der Waals surface area contributed by atoms with Gasteiger partial charge in [0.1, 0.15) is 239 Å². The number of nitrogens with one attached hydrogen (secondary N) is 6. The number of alkyl carbamates (subject to hydrolysis) is 1. The van der Waals surface area contributed by atoms with Gasteiger partial charge in [-0.3, -0.25) is 29.2 Å². The number of aliphatic hydroxyl groups is 23. The van der Waals surface area contributed by atoms with Crippen molar-refractivity contribution in [1.82, 2.24) is 31.9 Å². The number of benzene rings is 2. The SMILES string of the molecule is CC(=O)NC1C(OC2C(OCC3OC(O[C@@H]4C(CO)O[C@@H](O[C@@H]5C(CO)O[C@@H](NC(=O)CC(NC(=O)OCC6c7ccccc7-c7ccccc76)C(=O)O)C(NC(C)=O)[C@H]5O)C(NC(C)=O)[C@H]4O)C(O)C(OC4OC(CO)C(O)C(O)C4OC4OC(CO)C(OC5OC(CO)C(O)C(O)C5O)C(O)C4NC(C)=O)C3O)OC(CO)C(O)C2O)OC(CO)C(OC2OC(COO)C(O)C(O)C2O)C1O. The Bertz CT molecular complexity index is 4270. The molecule has 10 aliphatic rings. The first-order chi connectivity index (χ1) is 65.6. The van der Waals surface area contributed by atoms with E-state index in [1.807, 2.05) is 36.4 Å². The van der Waals surface area contributed by atoms with E-state index in [-0.39, 0.29) is 6.61 Å². The molecule has 57 nitrogen and oxygen atoms in total. The van der Waals surface area contributed by atoms with E-state index in [2.05, 4.69) is 36.8 Å². The molecule has 0 bridgehead atoms. The van der Waals surface area contributed by atoms with Gasteiger partial charge in [0.2, 0.25) is 29.5 Å². The van der Waals surface area contributed by atoms with Crippen LogP contribution in [0, 0.1) is 0 Å². The minimum Gasteiger partial charge on any atom is -0.480 e. The number of ether oxygens (including phenoxy) is 18. The van der Waals surface area contributed by atoms with E-state index in [9.17, 15) is 156 Å². The average molecular weight is 1990 g/mol. The number of carbonyl (C=O) groups excluding carboxylic acids is 6. The van der Waals surface area contributed by atoms with E-state index in [0.717, 1.165) is 49.9 Å². The number of aliphatic hydroxyl groups excluding tert-OH is 23. The van der Waals surface area contributed by atoms with Gasteiger partial charge in [-0.25, -0.2) is 14.5 Å². The Morgan fingerprint density at radius 3 is 1.06 bits per heavy atom. The van der Waals surface area contributed by atoms with Gasteiger partial charge in [-0.2, -0.15) is 0 Å². The average Bonchev–Trinajstić information content (AvgIpc) is 1.67. The van der Waals surface area contributed by atoms with Crippen LogP contribution in [0.1, 0.15) is 51.2 Å². The Balaban J connectivity index is 0.821. The van der Waals surface area contributed by atoms with Gasteiger partial charge < -0.3 is 240 Å². The molecule has 2 aromatic carbocycles. The molecule has 0 aromatic heterocycles. The summed E-state index contributed by atoms with van der Waals surface area (Å²) in [5.74, 6) is -7.30. The van der Waals surface area contributed by atoms with Crippen molar-refractivity contribution >= 4 is 41.6 Å². The maximum atomic E-state index is 13.9. The molecule has 138 heavy (non-hydrogen) atoms. The highest BCUT2D eigenvalue weighted by Gasteiger charge is 2.62. The predicted octanol–water partition coefficient (Wildman–Crippen LogP) is -17.0. The third-order valence-corrected chi connectivity index (χ3v) is 25.1. The molecule has 2 aromatic rings. The number of hydrogen-bond donors (Lipinski definition) is 31. The molecule has 9 heterocycles. The summed E-state index contributed by atoms with van der Waals surface area (Å²) in [4.78, 5) is 96.3. The molecule has 57 heteroatoms. The highest BCUT2D eigenvalue weighted by molar-refractivity contribution is 5.87. The topological polar surface area (TPSA) is 873 Å². The largest absolute Gasteiger partial charge is 0.480 e. The number of amides is 6. The van der Waals surface area contributed by atoms with Gasteiger partial charge in [-0.15, -0.1) is 0 Å². The molecular formula is C81H120N6O51. The Hall–Kier alpha value is -7.15. The van der Waals surface area contributed by atoms with Crippen LogP contribution in [0.4, 0.5) is 4.79 Å². The van der Waals surface area contributed by atoms with Crippen molar-refractivity contribution in [3.05, 3.63) is 59.7 Å². The summed E-state index contributed by atoms with van der Waals surface area (Å²) in [6.45, 7) is -6.83. The van der Waals surface area contributed by atoms with Gasteiger partial charge in [0.05, 0.1) is 59.3 Å². The summed E-state index contributed by atoms with van der Waals surface area (Å²) in [6.07, 6.45) is -90.4. The predicted molar refractivity (Wildman–Crippen MR) is 435 cm³/mol. The van der Waals surface area contributed by atoms with Crippen LogP contribution in [-0.2, 0) is 119 Å². The van der Waals surface area contributed by atoms with E-state index >= 15 is 0 Å². The first kappa shape index (κ1) is 110. The van der Waals surface area contributed by atoms with Crippen LogP contribution in [0.2, 0.25) is 0 Å². The minimum absolute atomic E-state index is 0.263. The summed E-state index contributed by atoms with van der Waals surface area (Å²) in [5, 5.41) is 294. The van der Waals surface area contributed by atoms with Crippen LogP contribution in [0.3, 0.4) is 0 Å². The number of hydrogen-bond acceptors (Lipinski definition) is 50. The second-order valence-electron chi connectivity index (χ2n) is 34.4. The zero-order valence-corrected chi connectivity index (χ0v) is 73.8. The number of carboxylic acids is 1.